The molecule has 1 aromatic rings. The standard InChI is InChI=1S/C17H23F2NO3/c1-16(10-21,11-22)9-20(2)15(23)17(6-3-7-17)13-5-4-12(18)8-14(13)19/h4-5,8,21-22H,3,6-7,9-11H2,1-2H3. The smallest absolute Gasteiger partial charge is 0.233 e. The zero-order chi connectivity index (χ0) is 17.3. The monoisotopic (exact) mass is 327 g/mol. The van der Waals surface area contributed by atoms with Crippen LogP contribution in [0.4, 0.5) is 8.78 Å². The van der Waals surface area contributed by atoms with Gasteiger partial charge in [0, 0.05) is 30.6 Å². The summed E-state index contributed by atoms with van der Waals surface area (Å²) in [5.74, 6) is -1.64. The van der Waals surface area contributed by atoms with Gasteiger partial charge in [0.2, 0.25) is 5.91 Å². The molecule has 0 unspecified atom stereocenters. The number of likely N-dealkylation sites (N-methyl/N-ethyl adjacent to an activating group) is 1. The summed E-state index contributed by atoms with van der Waals surface area (Å²) in [5.41, 5.74) is -1.58. The molecule has 1 amide bonds. The van der Waals surface area contributed by atoms with Crippen LogP contribution in [-0.2, 0) is 10.2 Å². The summed E-state index contributed by atoms with van der Waals surface area (Å²) in [6, 6.07) is 3.30. The molecule has 1 saturated carbocycles. The predicted molar refractivity (Wildman–Crippen MR) is 81.8 cm³/mol. The molecule has 0 radical (unpaired) electrons. The number of amides is 1. The van der Waals surface area contributed by atoms with Crippen LogP contribution >= 0.6 is 0 Å². The Labute approximate surface area is 134 Å². The Bertz CT molecular complexity index is 583. The Morgan fingerprint density at radius 2 is 1.91 bits per heavy atom. The molecule has 2 N–H and O–H groups in total. The van der Waals surface area contributed by atoms with Gasteiger partial charge in [-0.3, -0.25) is 4.79 Å². The van der Waals surface area contributed by atoms with Crippen LogP contribution in [0.25, 0.3) is 0 Å². The van der Waals surface area contributed by atoms with E-state index in [0.29, 0.717) is 12.8 Å². The normalized spacial score (nSPS) is 16.8. The van der Waals surface area contributed by atoms with E-state index in [-0.39, 0.29) is 31.2 Å². The summed E-state index contributed by atoms with van der Waals surface area (Å²) < 4.78 is 27.3. The molecule has 0 saturated heterocycles. The fourth-order valence-electron chi connectivity index (χ4n) is 3.17. The van der Waals surface area contributed by atoms with Gasteiger partial charge in [0.15, 0.2) is 0 Å². The topological polar surface area (TPSA) is 60.8 Å². The van der Waals surface area contributed by atoms with Crippen molar-refractivity contribution in [3.8, 4) is 0 Å². The molecular weight excluding hydrogens is 304 g/mol. The lowest BCUT2D eigenvalue weighted by Crippen LogP contribution is -2.53. The summed E-state index contributed by atoms with van der Waals surface area (Å²) in [5, 5.41) is 18.8. The Morgan fingerprint density at radius 1 is 1.30 bits per heavy atom. The van der Waals surface area contributed by atoms with E-state index >= 15 is 0 Å². The Kier molecular flexibility index (Phi) is 5.06. The van der Waals surface area contributed by atoms with E-state index in [1.807, 2.05) is 0 Å². The molecule has 0 aromatic heterocycles. The van der Waals surface area contributed by atoms with Gasteiger partial charge >= 0.3 is 0 Å². The van der Waals surface area contributed by atoms with Crippen molar-refractivity contribution in [3.05, 3.63) is 35.4 Å². The number of halogens is 2. The highest BCUT2D eigenvalue weighted by Gasteiger charge is 2.49. The van der Waals surface area contributed by atoms with Crippen LogP contribution in [0.2, 0.25) is 0 Å². The van der Waals surface area contributed by atoms with Gasteiger partial charge in [-0.2, -0.15) is 0 Å². The second kappa shape index (κ2) is 6.53. The highest BCUT2D eigenvalue weighted by atomic mass is 19.1. The van der Waals surface area contributed by atoms with Crippen molar-refractivity contribution < 1.29 is 23.8 Å². The Hall–Kier alpha value is -1.53. The summed E-state index contributed by atoms with van der Waals surface area (Å²) in [7, 11) is 1.58. The summed E-state index contributed by atoms with van der Waals surface area (Å²) in [6.45, 7) is 1.30. The van der Waals surface area contributed by atoms with Gasteiger partial charge in [0.05, 0.1) is 18.6 Å². The number of aliphatic hydroxyl groups is 2. The van der Waals surface area contributed by atoms with Crippen LogP contribution in [-0.4, -0.2) is 47.8 Å². The quantitative estimate of drug-likeness (QED) is 0.838. The van der Waals surface area contributed by atoms with E-state index in [4.69, 9.17) is 0 Å². The number of nitrogens with zero attached hydrogens (tertiary/aromatic N) is 1. The van der Waals surface area contributed by atoms with Gasteiger partial charge in [0.1, 0.15) is 11.6 Å². The van der Waals surface area contributed by atoms with Crippen LogP contribution in [0.1, 0.15) is 31.7 Å². The number of rotatable bonds is 6. The number of benzene rings is 1. The van der Waals surface area contributed by atoms with E-state index < -0.39 is 22.5 Å². The first-order valence-corrected chi connectivity index (χ1v) is 7.71. The second-order valence-corrected chi connectivity index (χ2v) is 6.85. The Morgan fingerprint density at radius 3 is 2.35 bits per heavy atom. The molecule has 1 aliphatic carbocycles. The van der Waals surface area contributed by atoms with Gasteiger partial charge in [-0.1, -0.05) is 19.4 Å². The van der Waals surface area contributed by atoms with Gasteiger partial charge in [-0.15, -0.1) is 0 Å². The molecule has 23 heavy (non-hydrogen) atoms. The molecule has 0 heterocycles. The third-order valence-corrected chi connectivity index (χ3v) is 4.79. The van der Waals surface area contributed by atoms with E-state index in [2.05, 4.69) is 0 Å². The minimum atomic E-state index is -0.974. The van der Waals surface area contributed by atoms with Crippen molar-refractivity contribution >= 4 is 5.91 Å². The minimum absolute atomic E-state index is 0.156. The molecule has 0 spiro atoms. The van der Waals surface area contributed by atoms with E-state index in [9.17, 15) is 23.8 Å². The van der Waals surface area contributed by atoms with Crippen LogP contribution in [0.15, 0.2) is 18.2 Å². The first-order chi connectivity index (χ1) is 10.8. The van der Waals surface area contributed by atoms with Crippen LogP contribution < -0.4 is 0 Å². The van der Waals surface area contributed by atoms with Crippen molar-refractivity contribution in [2.45, 2.75) is 31.6 Å². The third-order valence-electron chi connectivity index (χ3n) is 4.79. The molecule has 1 fully saturated rings. The summed E-state index contributed by atoms with van der Waals surface area (Å²) in [6.07, 6.45) is 1.81. The van der Waals surface area contributed by atoms with Crippen LogP contribution in [0.5, 0.6) is 0 Å². The summed E-state index contributed by atoms with van der Waals surface area (Å²) >= 11 is 0. The van der Waals surface area contributed by atoms with E-state index in [0.717, 1.165) is 18.6 Å². The van der Waals surface area contributed by atoms with E-state index in [1.165, 1.54) is 11.0 Å². The fraction of sp³-hybridized carbons (Fsp3) is 0.588. The van der Waals surface area contributed by atoms with Crippen molar-refractivity contribution in [2.75, 3.05) is 26.8 Å². The average Bonchev–Trinajstić information content (AvgIpc) is 2.47. The molecular formula is C17H23F2NO3. The highest BCUT2D eigenvalue weighted by molar-refractivity contribution is 5.89. The lowest BCUT2D eigenvalue weighted by molar-refractivity contribution is -0.142. The van der Waals surface area contributed by atoms with Crippen molar-refractivity contribution in [2.24, 2.45) is 5.41 Å². The Balaban J connectivity index is 2.27. The van der Waals surface area contributed by atoms with Gasteiger partial charge in [-0.25, -0.2) is 8.78 Å². The maximum atomic E-state index is 14.2. The van der Waals surface area contributed by atoms with Crippen LogP contribution in [0, 0.1) is 17.0 Å². The molecule has 2 rings (SSSR count). The second-order valence-electron chi connectivity index (χ2n) is 6.85. The molecule has 0 atom stereocenters. The zero-order valence-corrected chi connectivity index (χ0v) is 13.5. The van der Waals surface area contributed by atoms with Crippen molar-refractivity contribution in [3.63, 3.8) is 0 Å². The molecule has 6 heteroatoms. The lowest BCUT2D eigenvalue weighted by Gasteiger charge is -2.44. The third kappa shape index (κ3) is 3.23. The highest BCUT2D eigenvalue weighted by Crippen LogP contribution is 2.46. The maximum Gasteiger partial charge on any atom is 0.233 e. The number of carbonyl (C=O) groups excluding carboxylic acids is 1. The number of hydrogen-bond acceptors (Lipinski definition) is 3. The lowest BCUT2D eigenvalue weighted by atomic mass is 9.63. The maximum absolute atomic E-state index is 14.2. The first kappa shape index (κ1) is 17.8. The molecule has 4 nitrogen and oxygen atoms in total. The average molecular weight is 327 g/mol. The van der Waals surface area contributed by atoms with Gasteiger partial charge in [-0.05, 0) is 18.9 Å². The van der Waals surface area contributed by atoms with E-state index in [1.54, 1.807) is 14.0 Å². The van der Waals surface area contributed by atoms with Gasteiger partial charge < -0.3 is 15.1 Å². The molecule has 0 bridgehead atoms. The molecule has 1 aliphatic rings. The fourth-order valence-corrected chi connectivity index (χ4v) is 3.17. The summed E-state index contributed by atoms with van der Waals surface area (Å²) in [4.78, 5) is 14.3. The number of aliphatic hydroxyl groups excluding tert-OH is 2. The molecule has 0 aliphatic heterocycles. The largest absolute Gasteiger partial charge is 0.396 e. The van der Waals surface area contributed by atoms with Crippen molar-refractivity contribution in [1.29, 1.82) is 0 Å². The molecule has 1 aromatic carbocycles. The van der Waals surface area contributed by atoms with Crippen molar-refractivity contribution in [1.82, 2.24) is 4.90 Å². The first-order valence-electron chi connectivity index (χ1n) is 7.71. The minimum Gasteiger partial charge on any atom is -0.396 e. The van der Waals surface area contributed by atoms with Crippen LogP contribution in [0.3, 0.4) is 0 Å². The zero-order valence-electron chi connectivity index (χ0n) is 13.5. The predicted octanol–water partition coefficient (Wildman–Crippen LogP) is 1.84. The van der Waals surface area contributed by atoms with Gasteiger partial charge in [0.25, 0.3) is 0 Å². The SMILES string of the molecule is CN(CC(C)(CO)CO)C(=O)C1(c2ccc(F)cc2F)CCC1. The molecule has 128 valence electrons. The number of carbonyl (C=O) groups is 1. The number of hydrogen-bond donors (Lipinski definition) is 2.